The van der Waals surface area contributed by atoms with Crippen LogP contribution in [0.5, 0.6) is 0 Å². The molecule has 1 aliphatic carbocycles. The summed E-state index contributed by atoms with van der Waals surface area (Å²) in [7, 11) is 0. The van der Waals surface area contributed by atoms with Crippen LogP contribution in [0.4, 0.5) is 5.69 Å². The zero-order valence-corrected chi connectivity index (χ0v) is 16.0. The molecule has 0 bridgehead atoms. The van der Waals surface area contributed by atoms with Crippen molar-refractivity contribution in [3.63, 3.8) is 0 Å². The highest BCUT2D eigenvalue weighted by Gasteiger charge is 2.24. The van der Waals surface area contributed by atoms with Crippen LogP contribution in [0.2, 0.25) is 0 Å². The summed E-state index contributed by atoms with van der Waals surface area (Å²) in [5.74, 6) is 0.859. The number of nitrogens with two attached hydrogens (primary N) is 1. The van der Waals surface area contributed by atoms with Crippen LogP contribution in [0.25, 0.3) is 0 Å². The fourth-order valence-electron chi connectivity index (χ4n) is 2.36. The van der Waals surface area contributed by atoms with Crippen LogP contribution in [0, 0.1) is 5.92 Å². The molecule has 1 saturated carbocycles. The van der Waals surface area contributed by atoms with Crippen molar-refractivity contribution in [1.29, 1.82) is 0 Å². The summed E-state index contributed by atoms with van der Waals surface area (Å²) < 4.78 is 0. The summed E-state index contributed by atoms with van der Waals surface area (Å²) in [6.07, 6.45) is 5.06. The zero-order valence-electron chi connectivity index (χ0n) is 13.7. The molecule has 23 heavy (non-hydrogen) atoms. The van der Waals surface area contributed by atoms with Gasteiger partial charge < -0.3 is 16.4 Å². The van der Waals surface area contributed by atoms with Crippen LogP contribution in [0.3, 0.4) is 0 Å². The van der Waals surface area contributed by atoms with Gasteiger partial charge in [0.05, 0.1) is 0 Å². The molecule has 0 radical (unpaired) electrons. The molecule has 0 heterocycles. The van der Waals surface area contributed by atoms with E-state index in [0.717, 1.165) is 31.4 Å². The van der Waals surface area contributed by atoms with E-state index in [2.05, 4.69) is 34.7 Å². The molecule has 0 aromatic heterocycles. The minimum atomic E-state index is 0. The Morgan fingerprint density at radius 2 is 2.17 bits per heavy atom. The van der Waals surface area contributed by atoms with E-state index in [1.54, 1.807) is 0 Å². The predicted molar refractivity (Wildman–Crippen MR) is 106 cm³/mol. The fraction of sp³-hybridized carbons (Fsp3) is 0.529. The Morgan fingerprint density at radius 1 is 1.39 bits per heavy atom. The first-order valence-electron chi connectivity index (χ1n) is 8.12. The van der Waals surface area contributed by atoms with Gasteiger partial charge in [-0.1, -0.05) is 25.5 Å². The van der Waals surface area contributed by atoms with Crippen molar-refractivity contribution in [3.8, 4) is 0 Å². The lowest BCUT2D eigenvalue weighted by Crippen LogP contribution is -2.35. The number of amides is 1. The standard InChI is InChI=1S/C17H26N4O.HI/c1-2-13-6-3-9-15(12-13)21-17(18)20-11-5-10-19-16(22)14-7-4-8-14;/h3,6,9,12,14H,2,4-5,7-8,10-11H2,1H3,(H,19,22)(H3,18,20,21);1H. The van der Waals surface area contributed by atoms with E-state index in [-0.39, 0.29) is 35.8 Å². The van der Waals surface area contributed by atoms with Gasteiger partial charge in [0.25, 0.3) is 0 Å². The molecule has 2 rings (SSSR count). The lowest BCUT2D eigenvalue weighted by molar-refractivity contribution is -0.127. The Labute approximate surface area is 155 Å². The maximum atomic E-state index is 11.6. The van der Waals surface area contributed by atoms with Crippen molar-refractivity contribution in [2.45, 2.75) is 39.0 Å². The Hall–Kier alpha value is -1.31. The van der Waals surface area contributed by atoms with E-state index in [0.29, 0.717) is 19.0 Å². The number of nitrogens with one attached hydrogen (secondary N) is 2. The van der Waals surface area contributed by atoms with Crippen molar-refractivity contribution < 1.29 is 4.79 Å². The van der Waals surface area contributed by atoms with E-state index in [9.17, 15) is 4.79 Å². The second kappa shape index (κ2) is 10.5. The van der Waals surface area contributed by atoms with Gasteiger partial charge in [0.1, 0.15) is 0 Å². The normalized spacial score (nSPS) is 14.6. The number of hydrogen-bond donors (Lipinski definition) is 3. The van der Waals surface area contributed by atoms with Crippen LogP contribution < -0.4 is 16.4 Å². The van der Waals surface area contributed by atoms with Crippen molar-refractivity contribution in [2.75, 3.05) is 18.4 Å². The molecule has 128 valence electrons. The number of hydrogen-bond acceptors (Lipinski definition) is 2. The number of aryl methyl sites for hydroxylation is 1. The topological polar surface area (TPSA) is 79.5 Å². The van der Waals surface area contributed by atoms with Crippen LogP contribution in [0.1, 0.15) is 38.2 Å². The van der Waals surface area contributed by atoms with E-state index in [1.165, 1.54) is 12.0 Å². The summed E-state index contributed by atoms with van der Waals surface area (Å²) in [5.41, 5.74) is 8.09. The predicted octanol–water partition coefficient (Wildman–Crippen LogP) is 2.90. The summed E-state index contributed by atoms with van der Waals surface area (Å²) >= 11 is 0. The lowest BCUT2D eigenvalue weighted by Gasteiger charge is -2.23. The average Bonchev–Trinajstić information content (AvgIpc) is 2.45. The molecule has 0 saturated heterocycles. The zero-order chi connectivity index (χ0) is 15.8. The highest BCUT2D eigenvalue weighted by Crippen LogP contribution is 2.25. The molecule has 1 amide bonds. The smallest absolute Gasteiger partial charge is 0.223 e. The monoisotopic (exact) mass is 430 g/mol. The second-order valence-corrected chi connectivity index (χ2v) is 5.72. The van der Waals surface area contributed by atoms with Gasteiger partial charge in [0, 0.05) is 24.7 Å². The van der Waals surface area contributed by atoms with Crippen LogP contribution in [-0.4, -0.2) is 25.0 Å². The summed E-state index contributed by atoms with van der Waals surface area (Å²) in [4.78, 5) is 15.9. The molecule has 1 fully saturated rings. The van der Waals surface area contributed by atoms with Crippen molar-refractivity contribution >= 4 is 41.5 Å². The molecule has 4 N–H and O–H groups in total. The number of rotatable bonds is 7. The third-order valence-electron chi connectivity index (χ3n) is 4.00. The van der Waals surface area contributed by atoms with E-state index < -0.39 is 0 Å². The highest BCUT2D eigenvalue weighted by atomic mass is 127. The molecule has 5 nitrogen and oxygen atoms in total. The Kier molecular flexibility index (Phi) is 8.98. The highest BCUT2D eigenvalue weighted by molar-refractivity contribution is 14.0. The van der Waals surface area contributed by atoms with Gasteiger partial charge in [0.2, 0.25) is 5.91 Å². The molecule has 6 heteroatoms. The van der Waals surface area contributed by atoms with Gasteiger partial charge in [-0.25, -0.2) is 0 Å². The maximum absolute atomic E-state index is 11.6. The number of nitrogens with zero attached hydrogens (tertiary/aromatic N) is 1. The summed E-state index contributed by atoms with van der Waals surface area (Å²) in [6, 6.07) is 8.13. The molecular formula is C17H27IN4O. The van der Waals surface area contributed by atoms with E-state index >= 15 is 0 Å². The van der Waals surface area contributed by atoms with E-state index in [1.807, 2.05) is 12.1 Å². The Morgan fingerprint density at radius 3 is 2.83 bits per heavy atom. The van der Waals surface area contributed by atoms with E-state index in [4.69, 9.17) is 5.73 Å². The Balaban J connectivity index is 0.00000264. The second-order valence-electron chi connectivity index (χ2n) is 5.72. The van der Waals surface area contributed by atoms with Crippen LogP contribution >= 0.6 is 24.0 Å². The maximum Gasteiger partial charge on any atom is 0.223 e. The number of guanidine groups is 1. The van der Waals surface area contributed by atoms with Crippen LogP contribution in [0.15, 0.2) is 29.3 Å². The first-order chi connectivity index (χ1) is 10.7. The molecule has 0 aliphatic heterocycles. The van der Waals surface area contributed by atoms with Crippen molar-refractivity contribution in [1.82, 2.24) is 5.32 Å². The molecular weight excluding hydrogens is 403 g/mol. The SMILES string of the molecule is CCc1cccc(NC(N)=NCCCNC(=O)C2CCC2)c1.I. The van der Waals surface area contributed by atoms with Gasteiger partial charge in [-0.05, 0) is 43.4 Å². The van der Waals surface area contributed by atoms with Gasteiger partial charge in [-0.2, -0.15) is 0 Å². The number of anilines is 1. The van der Waals surface area contributed by atoms with Gasteiger partial charge in [0.15, 0.2) is 5.96 Å². The van der Waals surface area contributed by atoms with Crippen molar-refractivity contribution in [2.24, 2.45) is 16.6 Å². The molecule has 1 aliphatic rings. The van der Waals surface area contributed by atoms with Crippen LogP contribution in [-0.2, 0) is 11.2 Å². The number of benzene rings is 1. The number of aliphatic imine (C=N–C) groups is 1. The number of halogens is 1. The third-order valence-corrected chi connectivity index (χ3v) is 4.00. The molecule has 0 spiro atoms. The minimum absolute atomic E-state index is 0. The van der Waals surface area contributed by atoms with Gasteiger partial charge in [-0.15, -0.1) is 24.0 Å². The number of carbonyl (C=O) groups excluding carboxylic acids is 1. The fourth-order valence-corrected chi connectivity index (χ4v) is 2.36. The first-order valence-corrected chi connectivity index (χ1v) is 8.12. The van der Waals surface area contributed by atoms with Crippen molar-refractivity contribution in [3.05, 3.63) is 29.8 Å². The lowest BCUT2D eigenvalue weighted by atomic mass is 9.85. The molecule has 1 aromatic carbocycles. The van der Waals surface area contributed by atoms with Gasteiger partial charge >= 0.3 is 0 Å². The first kappa shape index (κ1) is 19.7. The largest absolute Gasteiger partial charge is 0.370 e. The molecule has 0 unspecified atom stereocenters. The Bertz CT molecular complexity index is 529. The number of carbonyl (C=O) groups is 1. The average molecular weight is 430 g/mol. The quantitative estimate of drug-likeness (QED) is 0.269. The van der Waals surface area contributed by atoms with Gasteiger partial charge in [-0.3, -0.25) is 9.79 Å². The summed E-state index contributed by atoms with van der Waals surface area (Å²) in [6.45, 7) is 3.39. The summed E-state index contributed by atoms with van der Waals surface area (Å²) in [5, 5.41) is 6.05. The third kappa shape index (κ3) is 6.76. The minimum Gasteiger partial charge on any atom is -0.370 e. The molecule has 1 aromatic rings. The molecule has 0 atom stereocenters.